The lowest BCUT2D eigenvalue weighted by Gasteiger charge is -2.23. The molecule has 1 aliphatic rings. The van der Waals surface area contributed by atoms with Crippen LogP contribution in [0.15, 0.2) is 72.9 Å². The highest BCUT2D eigenvalue weighted by molar-refractivity contribution is 6.31. The zero-order valence-corrected chi connectivity index (χ0v) is 22.4. The van der Waals surface area contributed by atoms with Crippen molar-refractivity contribution in [1.29, 1.82) is 0 Å². The average molecular weight is 566 g/mol. The van der Waals surface area contributed by atoms with Crippen molar-refractivity contribution in [2.24, 2.45) is 0 Å². The lowest BCUT2D eigenvalue weighted by Crippen LogP contribution is -2.45. The molecule has 0 saturated carbocycles. The second-order valence-electron chi connectivity index (χ2n) is 9.35. The lowest BCUT2D eigenvalue weighted by atomic mass is 9.99. The molecule has 4 aromatic rings. The van der Waals surface area contributed by atoms with Gasteiger partial charge in [0.25, 0.3) is 5.91 Å². The van der Waals surface area contributed by atoms with Gasteiger partial charge in [-0.2, -0.15) is 0 Å². The highest BCUT2D eigenvalue weighted by Gasteiger charge is 2.37. The number of carbonyl (C=O) groups excluding carboxylic acids is 2. The number of likely N-dealkylation sites (N-methyl/N-ethyl adjacent to an activating group) is 1. The maximum atomic E-state index is 13.4. The molecule has 1 aromatic heterocycles. The number of aliphatic carboxylic acids is 1. The Hall–Kier alpha value is -3.85. The Morgan fingerprint density at radius 1 is 1.08 bits per heavy atom. The predicted molar refractivity (Wildman–Crippen MR) is 149 cm³/mol. The minimum Gasteiger partial charge on any atom is -0.480 e. The third-order valence-corrected chi connectivity index (χ3v) is 7.41. The monoisotopic (exact) mass is 565 g/mol. The molecule has 0 unspecified atom stereocenters. The molecule has 0 aliphatic carbocycles. The third kappa shape index (κ3) is 5.49. The third-order valence-electron chi connectivity index (χ3n) is 6.83. The Labute approximate surface area is 234 Å². The minimum absolute atomic E-state index is 0.0661. The van der Waals surface area contributed by atoms with Gasteiger partial charge in [-0.3, -0.25) is 9.59 Å². The molecule has 0 saturated heterocycles. The van der Waals surface area contributed by atoms with Crippen LogP contribution in [0, 0.1) is 0 Å². The summed E-state index contributed by atoms with van der Waals surface area (Å²) in [5.41, 5.74) is 3.43. The fourth-order valence-electron chi connectivity index (χ4n) is 4.88. The van der Waals surface area contributed by atoms with Crippen LogP contribution in [0.3, 0.4) is 0 Å². The van der Waals surface area contributed by atoms with Crippen LogP contribution in [-0.2, 0) is 25.5 Å². The van der Waals surface area contributed by atoms with Gasteiger partial charge in [0.1, 0.15) is 18.2 Å². The van der Waals surface area contributed by atoms with E-state index in [-0.39, 0.29) is 12.8 Å². The van der Waals surface area contributed by atoms with Crippen LogP contribution in [0.4, 0.5) is 5.69 Å². The molecule has 1 aliphatic heterocycles. The number of hydrogen-bond donors (Lipinski definition) is 3. The predicted octanol–water partition coefficient (Wildman–Crippen LogP) is 5.13. The molecular formula is C29H25Cl2N3O5. The average Bonchev–Trinajstić information content (AvgIpc) is 3.29. The van der Waals surface area contributed by atoms with E-state index >= 15 is 0 Å². The summed E-state index contributed by atoms with van der Waals surface area (Å²) in [7, 11) is 1.59. The van der Waals surface area contributed by atoms with Gasteiger partial charge in [0.05, 0.1) is 6.42 Å². The van der Waals surface area contributed by atoms with Crippen LogP contribution in [0.25, 0.3) is 10.9 Å². The molecule has 2 heterocycles. The van der Waals surface area contributed by atoms with E-state index in [1.54, 1.807) is 55.7 Å². The zero-order chi connectivity index (χ0) is 27.7. The topological polar surface area (TPSA) is 112 Å². The van der Waals surface area contributed by atoms with E-state index in [1.807, 2.05) is 24.3 Å². The number of rotatable bonds is 7. The largest absolute Gasteiger partial charge is 0.480 e. The van der Waals surface area contributed by atoms with E-state index in [0.717, 1.165) is 16.5 Å². The van der Waals surface area contributed by atoms with Crippen LogP contribution in [0.1, 0.15) is 29.2 Å². The molecule has 2 amide bonds. The van der Waals surface area contributed by atoms with Crippen molar-refractivity contribution in [3.8, 4) is 0 Å². The van der Waals surface area contributed by atoms with E-state index in [4.69, 9.17) is 27.9 Å². The van der Waals surface area contributed by atoms with Gasteiger partial charge in [-0.15, -0.1) is 0 Å². The number of nitrogens with zero attached hydrogens (tertiary/aromatic N) is 1. The summed E-state index contributed by atoms with van der Waals surface area (Å²) < 4.78 is 6.27. The molecule has 3 N–H and O–H groups in total. The number of aromatic nitrogens is 1. The maximum absolute atomic E-state index is 13.4. The van der Waals surface area contributed by atoms with Gasteiger partial charge in [0, 0.05) is 57.4 Å². The van der Waals surface area contributed by atoms with Crippen LogP contribution >= 0.6 is 23.2 Å². The Bertz CT molecular complexity index is 1570. The molecule has 0 fully saturated rings. The van der Waals surface area contributed by atoms with Gasteiger partial charge in [0.15, 0.2) is 0 Å². The van der Waals surface area contributed by atoms with Crippen LogP contribution in [0.2, 0.25) is 10.0 Å². The number of para-hydroxylation sites is 1. The normalized spacial score (nSPS) is 17.9. The molecule has 3 aromatic carbocycles. The summed E-state index contributed by atoms with van der Waals surface area (Å²) in [5.74, 6) is -2.27. The fraction of sp³-hybridized carbons (Fsp3) is 0.207. The summed E-state index contributed by atoms with van der Waals surface area (Å²) in [4.78, 5) is 43.2. The van der Waals surface area contributed by atoms with Crippen molar-refractivity contribution in [1.82, 2.24) is 10.3 Å². The highest BCUT2D eigenvalue weighted by Crippen LogP contribution is 2.41. The van der Waals surface area contributed by atoms with E-state index < -0.39 is 36.0 Å². The standard InChI is InChI=1S/C29H25Cl2N3O5/c1-34-24-11-10-17(30)13-20(24)27(19-7-2-4-8-21(19)31)39-25(28(34)36)14-26(35)33-23(29(37)38)12-16-15-32-22-9-5-3-6-18(16)22/h2-11,13,15,23,25,27,32H,12,14H2,1H3,(H,33,35)(H,37,38)/t23-,25-,27-/m0/s1. The van der Waals surface area contributed by atoms with Crippen molar-refractivity contribution in [2.45, 2.75) is 31.1 Å². The Balaban J connectivity index is 1.40. The first kappa shape index (κ1) is 26.7. The fourth-order valence-corrected chi connectivity index (χ4v) is 5.29. The first-order valence-electron chi connectivity index (χ1n) is 12.3. The number of carbonyl (C=O) groups is 3. The number of benzene rings is 3. The molecule has 8 nitrogen and oxygen atoms in total. The van der Waals surface area contributed by atoms with E-state index in [1.165, 1.54) is 4.90 Å². The van der Waals surface area contributed by atoms with Crippen LogP contribution in [-0.4, -0.2) is 47.1 Å². The van der Waals surface area contributed by atoms with E-state index in [2.05, 4.69) is 10.3 Å². The number of carboxylic acid groups (broad SMARTS) is 1. The van der Waals surface area contributed by atoms with Crippen molar-refractivity contribution in [3.63, 3.8) is 0 Å². The second-order valence-corrected chi connectivity index (χ2v) is 10.2. The summed E-state index contributed by atoms with van der Waals surface area (Å²) >= 11 is 12.8. The quantitative estimate of drug-likeness (QED) is 0.287. The number of aromatic amines is 1. The molecule has 5 rings (SSSR count). The van der Waals surface area contributed by atoms with Crippen molar-refractivity contribution < 1.29 is 24.2 Å². The van der Waals surface area contributed by atoms with Crippen molar-refractivity contribution in [2.75, 3.05) is 11.9 Å². The van der Waals surface area contributed by atoms with Crippen molar-refractivity contribution >= 4 is 57.6 Å². The molecule has 0 bridgehead atoms. The molecule has 3 atom stereocenters. The van der Waals surface area contributed by atoms with Crippen molar-refractivity contribution in [3.05, 3.63) is 99.7 Å². The number of fused-ring (bicyclic) bond motifs is 2. The number of H-pyrrole nitrogens is 1. The molecule has 39 heavy (non-hydrogen) atoms. The number of nitrogens with one attached hydrogen (secondary N) is 2. The lowest BCUT2D eigenvalue weighted by molar-refractivity contribution is -0.143. The Kier molecular flexibility index (Phi) is 7.61. The number of carboxylic acids is 1. The molecular weight excluding hydrogens is 541 g/mol. The van der Waals surface area contributed by atoms with E-state index in [0.29, 0.717) is 26.9 Å². The molecule has 0 radical (unpaired) electrons. The van der Waals surface area contributed by atoms with Gasteiger partial charge in [-0.1, -0.05) is 59.6 Å². The SMILES string of the molecule is CN1C(=O)[C@H](CC(=O)N[C@@H](Cc2c[nH]c3ccccc23)C(=O)O)O[C@@H](c2ccccc2Cl)c2cc(Cl)ccc21. The van der Waals surface area contributed by atoms with Gasteiger partial charge in [-0.05, 0) is 35.9 Å². The van der Waals surface area contributed by atoms with Gasteiger partial charge in [0.2, 0.25) is 5.91 Å². The van der Waals surface area contributed by atoms with Gasteiger partial charge in [-0.25, -0.2) is 4.79 Å². The first-order chi connectivity index (χ1) is 18.7. The number of amides is 2. The summed E-state index contributed by atoms with van der Waals surface area (Å²) in [6.07, 6.45) is -0.582. The number of anilines is 1. The summed E-state index contributed by atoms with van der Waals surface area (Å²) in [6.45, 7) is 0. The minimum atomic E-state index is -1.20. The summed E-state index contributed by atoms with van der Waals surface area (Å²) in [5, 5.41) is 14.2. The first-order valence-corrected chi connectivity index (χ1v) is 13.0. The van der Waals surface area contributed by atoms with Gasteiger partial charge < -0.3 is 25.0 Å². The zero-order valence-electron chi connectivity index (χ0n) is 20.9. The number of hydrogen-bond acceptors (Lipinski definition) is 4. The maximum Gasteiger partial charge on any atom is 0.326 e. The van der Waals surface area contributed by atoms with Crippen LogP contribution < -0.4 is 10.2 Å². The van der Waals surface area contributed by atoms with Crippen LogP contribution in [0.5, 0.6) is 0 Å². The molecule has 0 spiro atoms. The Morgan fingerprint density at radius 3 is 2.59 bits per heavy atom. The number of halogens is 2. The van der Waals surface area contributed by atoms with Gasteiger partial charge >= 0.3 is 5.97 Å². The molecule has 10 heteroatoms. The smallest absolute Gasteiger partial charge is 0.326 e. The number of ether oxygens (including phenoxy) is 1. The Morgan fingerprint density at radius 2 is 1.82 bits per heavy atom. The summed E-state index contributed by atoms with van der Waals surface area (Å²) in [6, 6.07) is 18.5. The molecule has 200 valence electrons. The second kappa shape index (κ2) is 11.1. The highest BCUT2D eigenvalue weighted by atomic mass is 35.5. The van der Waals surface area contributed by atoms with E-state index in [9.17, 15) is 19.5 Å².